The Labute approximate surface area is 132 Å². The SMILES string of the molecule is COCCCNC(=O)[C@H](C)[S@](=O)Cc1cc(F)ccc1OC. The first-order valence-corrected chi connectivity index (χ1v) is 8.34. The molecule has 0 bridgehead atoms. The monoisotopic (exact) mass is 331 g/mol. The van der Waals surface area contributed by atoms with Crippen LogP contribution in [0.15, 0.2) is 18.2 Å². The average Bonchev–Trinajstić information content (AvgIpc) is 2.50. The van der Waals surface area contributed by atoms with Gasteiger partial charge >= 0.3 is 0 Å². The molecule has 1 rings (SSSR count). The van der Waals surface area contributed by atoms with E-state index in [1.54, 1.807) is 14.0 Å². The molecule has 1 N–H and O–H groups in total. The molecule has 1 aromatic rings. The fraction of sp³-hybridized carbons (Fsp3) is 0.533. The van der Waals surface area contributed by atoms with Gasteiger partial charge in [-0.1, -0.05) is 0 Å². The topological polar surface area (TPSA) is 64.6 Å². The summed E-state index contributed by atoms with van der Waals surface area (Å²) in [5, 5.41) is 2.02. The Balaban J connectivity index is 2.60. The number of carbonyl (C=O) groups excluding carboxylic acids is 1. The molecule has 0 saturated heterocycles. The van der Waals surface area contributed by atoms with Crippen LogP contribution in [0.3, 0.4) is 0 Å². The zero-order valence-corrected chi connectivity index (χ0v) is 13.9. The molecular formula is C15H22FNO4S. The summed E-state index contributed by atoms with van der Waals surface area (Å²) in [4.78, 5) is 11.9. The van der Waals surface area contributed by atoms with Crippen molar-refractivity contribution in [3.05, 3.63) is 29.6 Å². The average molecular weight is 331 g/mol. The van der Waals surface area contributed by atoms with Crippen molar-refractivity contribution < 1.29 is 22.9 Å². The number of amides is 1. The molecule has 1 aromatic carbocycles. The minimum absolute atomic E-state index is 0.0631. The van der Waals surface area contributed by atoms with Crippen LogP contribution < -0.4 is 10.1 Å². The van der Waals surface area contributed by atoms with E-state index in [0.717, 1.165) is 0 Å². The van der Waals surface area contributed by atoms with Crippen molar-refractivity contribution in [3.63, 3.8) is 0 Å². The number of nitrogens with one attached hydrogen (secondary N) is 1. The molecule has 22 heavy (non-hydrogen) atoms. The number of rotatable bonds is 9. The van der Waals surface area contributed by atoms with Crippen LogP contribution in [0.25, 0.3) is 0 Å². The molecule has 2 atom stereocenters. The third-order valence-electron chi connectivity index (χ3n) is 3.13. The summed E-state index contributed by atoms with van der Waals surface area (Å²) >= 11 is 0. The summed E-state index contributed by atoms with van der Waals surface area (Å²) in [7, 11) is 1.59. The quantitative estimate of drug-likeness (QED) is 0.699. The lowest BCUT2D eigenvalue weighted by molar-refractivity contribution is -0.120. The predicted molar refractivity (Wildman–Crippen MR) is 83.8 cm³/mol. The zero-order valence-electron chi connectivity index (χ0n) is 13.1. The number of methoxy groups -OCH3 is 2. The Bertz CT molecular complexity index is 524. The smallest absolute Gasteiger partial charge is 0.235 e. The van der Waals surface area contributed by atoms with E-state index in [4.69, 9.17) is 9.47 Å². The number of carbonyl (C=O) groups is 1. The predicted octanol–water partition coefficient (Wildman–Crippen LogP) is 1.62. The molecule has 0 unspecified atom stereocenters. The van der Waals surface area contributed by atoms with E-state index in [0.29, 0.717) is 30.9 Å². The van der Waals surface area contributed by atoms with Crippen LogP contribution >= 0.6 is 0 Å². The van der Waals surface area contributed by atoms with Crippen molar-refractivity contribution in [1.29, 1.82) is 0 Å². The fourth-order valence-corrected chi connectivity index (χ4v) is 2.93. The highest BCUT2D eigenvalue weighted by Crippen LogP contribution is 2.21. The van der Waals surface area contributed by atoms with Gasteiger partial charge in [-0.3, -0.25) is 9.00 Å². The molecule has 0 aromatic heterocycles. The van der Waals surface area contributed by atoms with Crippen LogP contribution in [0.4, 0.5) is 4.39 Å². The summed E-state index contributed by atoms with van der Waals surface area (Å²) in [5.74, 6) is -0.190. The van der Waals surface area contributed by atoms with Crippen LogP contribution in [-0.2, 0) is 26.1 Å². The van der Waals surface area contributed by atoms with Crippen molar-refractivity contribution in [2.75, 3.05) is 27.4 Å². The lowest BCUT2D eigenvalue weighted by Gasteiger charge is -2.13. The molecule has 0 aliphatic carbocycles. The van der Waals surface area contributed by atoms with Gasteiger partial charge in [0.1, 0.15) is 16.8 Å². The van der Waals surface area contributed by atoms with E-state index < -0.39 is 21.9 Å². The molecule has 0 saturated carbocycles. The Hall–Kier alpha value is -1.47. The second-order valence-electron chi connectivity index (χ2n) is 4.76. The summed E-state index contributed by atoms with van der Waals surface area (Å²) < 4.78 is 35.6. The van der Waals surface area contributed by atoms with Gasteiger partial charge in [0.2, 0.25) is 5.91 Å². The lowest BCUT2D eigenvalue weighted by Crippen LogP contribution is -2.36. The molecule has 124 valence electrons. The molecule has 7 heteroatoms. The lowest BCUT2D eigenvalue weighted by atomic mass is 10.2. The highest BCUT2D eigenvalue weighted by atomic mass is 32.2. The molecule has 0 heterocycles. The number of hydrogen-bond acceptors (Lipinski definition) is 4. The van der Waals surface area contributed by atoms with Gasteiger partial charge in [-0.15, -0.1) is 0 Å². The standard InChI is InChI=1S/C15H22FNO4S/c1-11(15(18)17-7-4-8-20-2)22(19)10-12-9-13(16)5-6-14(12)21-3/h5-6,9,11H,4,7-8,10H2,1-3H3,(H,17,18)/t11-,22+/m0/s1. The first kappa shape index (κ1) is 18.6. The summed E-state index contributed by atoms with van der Waals surface area (Å²) in [6.07, 6.45) is 0.694. The van der Waals surface area contributed by atoms with Gasteiger partial charge in [0.05, 0.1) is 12.9 Å². The molecule has 0 spiro atoms. The van der Waals surface area contributed by atoms with Crippen molar-refractivity contribution >= 4 is 16.7 Å². The summed E-state index contributed by atoms with van der Waals surface area (Å²) in [6, 6.07) is 4.04. The van der Waals surface area contributed by atoms with Crippen LogP contribution in [0.5, 0.6) is 5.75 Å². The van der Waals surface area contributed by atoms with Gasteiger partial charge in [0.25, 0.3) is 0 Å². The third kappa shape index (κ3) is 5.73. The van der Waals surface area contributed by atoms with Crippen molar-refractivity contribution in [3.8, 4) is 5.75 Å². The molecule has 0 fully saturated rings. The first-order chi connectivity index (χ1) is 10.5. The second-order valence-corrected chi connectivity index (χ2v) is 6.52. The largest absolute Gasteiger partial charge is 0.496 e. The van der Waals surface area contributed by atoms with Gasteiger partial charge in [0, 0.05) is 36.6 Å². The van der Waals surface area contributed by atoms with E-state index in [9.17, 15) is 13.4 Å². The third-order valence-corrected chi connectivity index (χ3v) is 4.73. The maximum atomic E-state index is 13.3. The molecular weight excluding hydrogens is 309 g/mol. The van der Waals surface area contributed by atoms with Crippen molar-refractivity contribution in [2.24, 2.45) is 0 Å². The highest BCUT2D eigenvalue weighted by Gasteiger charge is 2.21. The number of benzene rings is 1. The number of hydrogen-bond donors (Lipinski definition) is 1. The Morgan fingerprint density at radius 3 is 2.77 bits per heavy atom. The van der Waals surface area contributed by atoms with Crippen LogP contribution in [0.1, 0.15) is 18.9 Å². The number of halogens is 1. The van der Waals surface area contributed by atoms with Gasteiger partial charge in [-0.2, -0.15) is 0 Å². The van der Waals surface area contributed by atoms with Gasteiger partial charge in [-0.25, -0.2) is 4.39 Å². The van der Waals surface area contributed by atoms with E-state index >= 15 is 0 Å². The summed E-state index contributed by atoms with van der Waals surface area (Å²) in [5.41, 5.74) is 0.486. The fourth-order valence-electron chi connectivity index (χ4n) is 1.83. The van der Waals surface area contributed by atoms with E-state index in [1.807, 2.05) is 0 Å². The zero-order chi connectivity index (χ0) is 16.5. The Morgan fingerprint density at radius 1 is 1.41 bits per heavy atom. The maximum Gasteiger partial charge on any atom is 0.235 e. The minimum atomic E-state index is -1.46. The van der Waals surface area contributed by atoms with Crippen LogP contribution in [0, 0.1) is 5.82 Å². The van der Waals surface area contributed by atoms with E-state index in [1.165, 1.54) is 25.3 Å². The van der Waals surface area contributed by atoms with Gasteiger partial charge in [-0.05, 0) is 31.5 Å². The Kier molecular flexibility index (Phi) is 8.05. The molecule has 1 amide bonds. The van der Waals surface area contributed by atoms with Crippen LogP contribution in [-0.4, -0.2) is 42.7 Å². The molecule has 5 nitrogen and oxygen atoms in total. The van der Waals surface area contributed by atoms with Crippen molar-refractivity contribution in [1.82, 2.24) is 5.32 Å². The maximum absolute atomic E-state index is 13.3. The second kappa shape index (κ2) is 9.53. The van der Waals surface area contributed by atoms with E-state index in [-0.39, 0.29) is 11.7 Å². The Morgan fingerprint density at radius 2 is 2.14 bits per heavy atom. The van der Waals surface area contributed by atoms with Crippen molar-refractivity contribution in [2.45, 2.75) is 24.3 Å². The highest BCUT2D eigenvalue weighted by molar-refractivity contribution is 7.85. The van der Waals surface area contributed by atoms with Crippen LogP contribution in [0.2, 0.25) is 0 Å². The van der Waals surface area contributed by atoms with Gasteiger partial charge in [0.15, 0.2) is 0 Å². The summed E-state index contributed by atoms with van der Waals surface area (Å²) in [6.45, 7) is 2.61. The molecule has 0 radical (unpaired) electrons. The molecule has 0 aliphatic rings. The molecule has 0 aliphatic heterocycles. The van der Waals surface area contributed by atoms with E-state index in [2.05, 4.69) is 5.32 Å². The minimum Gasteiger partial charge on any atom is -0.496 e. The normalized spacial score (nSPS) is 13.5. The first-order valence-electron chi connectivity index (χ1n) is 6.95. The number of ether oxygens (including phenoxy) is 2. The van der Waals surface area contributed by atoms with Gasteiger partial charge < -0.3 is 14.8 Å².